The molecule has 0 atom stereocenters. The number of amides is 3. The first-order chi connectivity index (χ1) is 13.8. The third-order valence-electron chi connectivity index (χ3n) is 4.41. The largest absolute Gasteiger partial charge is 0.376 e. The summed E-state index contributed by atoms with van der Waals surface area (Å²) in [7, 11) is 3.38. The van der Waals surface area contributed by atoms with Crippen molar-refractivity contribution in [1.29, 1.82) is 0 Å². The van der Waals surface area contributed by atoms with E-state index in [1.54, 1.807) is 67.5 Å². The number of hydrogen-bond donors (Lipinski definition) is 2. The molecule has 0 heterocycles. The van der Waals surface area contributed by atoms with E-state index in [0.29, 0.717) is 35.6 Å². The first kappa shape index (κ1) is 21.9. The number of nitrogens with zero attached hydrogens (tertiary/aromatic N) is 2. The minimum atomic E-state index is -0.248. The van der Waals surface area contributed by atoms with Gasteiger partial charge in [0.15, 0.2) is 0 Å². The average Bonchev–Trinajstić information content (AvgIpc) is 2.72. The van der Waals surface area contributed by atoms with Gasteiger partial charge < -0.3 is 20.4 Å². The standard InChI is InChI=1S/C22H28N4O3/c1-5-26(6-2)22(29)17-10-8-12-19(14-17)24-20(27)15-23-18-11-7-9-16(13-18)21(28)25(3)4/h7-14,23H,5-6,15H2,1-4H3,(H,24,27). The van der Waals surface area contributed by atoms with Gasteiger partial charge in [0.2, 0.25) is 5.91 Å². The molecule has 0 aliphatic rings. The zero-order chi connectivity index (χ0) is 21.4. The third-order valence-corrected chi connectivity index (χ3v) is 4.41. The second-order valence-electron chi connectivity index (χ2n) is 6.74. The molecule has 29 heavy (non-hydrogen) atoms. The molecule has 0 fully saturated rings. The van der Waals surface area contributed by atoms with E-state index >= 15 is 0 Å². The summed E-state index contributed by atoms with van der Waals surface area (Å²) < 4.78 is 0. The van der Waals surface area contributed by atoms with Gasteiger partial charge in [0.25, 0.3) is 11.8 Å². The van der Waals surface area contributed by atoms with Crippen LogP contribution in [0.4, 0.5) is 11.4 Å². The molecule has 0 bridgehead atoms. The summed E-state index contributed by atoms with van der Waals surface area (Å²) in [5.74, 6) is -0.416. The van der Waals surface area contributed by atoms with Gasteiger partial charge in [0.05, 0.1) is 6.54 Å². The van der Waals surface area contributed by atoms with Gasteiger partial charge in [0, 0.05) is 49.7 Å². The Kier molecular flexibility index (Phi) is 7.77. The van der Waals surface area contributed by atoms with E-state index in [-0.39, 0.29) is 24.3 Å². The van der Waals surface area contributed by atoms with Crippen molar-refractivity contribution in [2.45, 2.75) is 13.8 Å². The highest BCUT2D eigenvalue weighted by Gasteiger charge is 2.13. The smallest absolute Gasteiger partial charge is 0.253 e. The molecule has 0 radical (unpaired) electrons. The van der Waals surface area contributed by atoms with Gasteiger partial charge in [-0.3, -0.25) is 14.4 Å². The molecule has 0 spiro atoms. The van der Waals surface area contributed by atoms with Gasteiger partial charge in [-0.25, -0.2) is 0 Å². The average molecular weight is 396 g/mol. The SMILES string of the molecule is CCN(CC)C(=O)c1cccc(NC(=O)CNc2cccc(C(=O)N(C)C)c2)c1. The van der Waals surface area contributed by atoms with Crippen LogP contribution in [-0.2, 0) is 4.79 Å². The number of hydrogen-bond acceptors (Lipinski definition) is 4. The molecule has 0 saturated carbocycles. The molecule has 7 nitrogen and oxygen atoms in total. The monoisotopic (exact) mass is 396 g/mol. The predicted molar refractivity (Wildman–Crippen MR) is 115 cm³/mol. The lowest BCUT2D eigenvalue weighted by atomic mass is 10.1. The van der Waals surface area contributed by atoms with Crippen LogP contribution in [0.2, 0.25) is 0 Å². The Hall–Kier alpha value is -3.35. The maximum atomic E-state index is 12.5. The molecule has 0 aromatic heterocycles. The second-order valence-corrected chi connectivity index (χ2v) is 6.74. The van der Waals surface area contributed by atoms with E-state index in [4.69, 9.17) is 0 Å². The van der Waals surface area contributed by atoms with Crippen molar-refractivity contribution in [2.24, 2.45) is 0 Å². The minimum Gasteiger partial charge on any atom is -0.376 e. The van der Waals surface area contributed by atoms with E-state index < -0.39 is 0 Å². The van der Waals surface area contributed by atoms with Crippen molar-refractivity contribution in [3.8, 4) is 0 Å². The lowest BCUT2D eigenvalue weighted by Gasteiger charge is -2.19. The molecule has 3 amide bonds. The molecule has 0 aliphatic heterocycles. The van der Waals surface area contributed by atoms with E-state index in [0.717, 1.165) is 0 Å². The summed E-state index contributed by atoms with van der Waals surface area (Å²) >= 11 is 0. The van der Waals surface area contributed by atoms with Crippen LogP contribution in [0.1, 0.15) is 34.6 Å². The first-order valence-electron chi connectivity index (χ1n) is 9.60. The topological polar surface area (TPSA) is 81.8 Å². The van der Waals surface area contributed by atoms with Crippen LogP contribution in [-0.4, -0.2) is 61.3 Å². The van der Waals surface area contributed by atoms with Crippen LogP contribution in [0.15, 0.2) is 48.5 Å². The molecule has 0 unspecified atom stereocenters. The van der Waals surface area contributed by atoms with Crippen molar-refractivity contribution in [3.63, 3.8) is 0 Å². The Labute approximate surface area is 171 Å². The molecule has 2 aromatic rings. The van der Waals surface area contributed by atoms with Gasteiger partial charge in [-0.1, -0.05) is 12.1 Å². The molecule has 7 heteroatoms. The van der Waals surface area contributed by atoms with Crippen molar-refractivity contribution < 1.29 is 14.4 Å². The fourth-order valence-corrected chi connectivity index (χ4v) is 2.83. The zero-order valence-corrected chi connectivity index (χ0v) is 17.4. The van der Waals surface area contributed by atoms with Gasteiger partial charge in [0.1, 0.15) is 0 Å². The van der Waals surface area contributed by atoms with E-state index in [1.807, 2.05) is 13.8 Å². The Morgan fingerprint density at radius 3 is 1.97 bits per heavy atom. The number of nitrogens with one attached hydrogen (secondary N) is 2. The van der Waals surface area contributed by atoms with Gasteiger partial charge >= 0.3 is 0 Å². The normalized spacial score (nSPS) is 10.2. The highest BCUT2D eigenvalue weighted by atomic mass is 16.2. The van der Waals surface area contributed by atoms with Gasteiger partial charge in [-0.15, -0.1) is 0 Å². The number of carbonyl (C=O) groups excluding carboxylic acids is 3. The van der Waals surface area contributed by atoms with Crippen molar-refractivity contribution in [2.75, 3.05) is 44.4 Å². The molecular weight excluding hydrogens is 368 g/mol. The third kappa shape index (κ3) is 6.07. The van der Waals surface area contributed by atoms with E-state index in [1.165, 1.54) is 4.90 Å². The van der Waals surface area contributed by atoms with Crippen LogP contribution in [0, 0.1) is 0 Å². The van der Waals surface area contributed by atoms with Gasteiger partial charge in [-0.05, 0) is 50.2 Å². The number of benzene rings is 2. The van der Waals surface area contributed by atoms with Crippen molar-refractivity contribution in [3.05, 3.63) is 59.7 Å². The Balaban J connectivity index is 1.98. The Morgan fingerprint density at radius 1 is 0.828 bits per heavy atom. The molecule has 0 saturated heterocycles. The van der Waals surface area contributed by atoms with Crippen LogP contribution < -0.4 is 10.6 Å². The lowest BCUT2D eigenvalue weighted by Crippen LogP contribution is -2.30. The summed E-state index contributed by atoms with van der Waals surface area (Å²) in [6.45, 7) is 5.16. The molecule has 0 aliphatic carbocycles. The summed E-state index contributed by atoms with van der Waals surface area (Å²) in [6, 6.07) is 13.9. The Bertz CT molecular complexity index is 876. The fourth-order valence-electron chi connectivity index (χ4n) is 2.83. The number of anilines is 2. The minimum absolute atomic E-state index is 0.0355. The summed E-state index contributed by atoms with van der Waals surface area (Å²) in [5.41, 5.74) is 2.32. The molecule has 2 rings (SSSR count). The highest BCUT2D eigenvalue weighted by molar-refractivity contribution is 5.98. The molecule has 2 N–H and O–H groups in total. The lowest BCUT2D eigenvalue weighted by molar-refractivity contribution is -0.114. The Morgan fingerprint density at radius 2 is 1.38 bits per heavy atom. The molecular formula is C22H28N4O3. The molecule has 154 valence electrons. The van der Waals surface area contributed by atoms with Crippen molar-refractivity contribution in [1.82, 2.24) is 9.80 Å². The van der Waals surface area contributed by atoms with Crippen LogP contribution in [0.25, 0.3) is 0 Å². The van der Waals surface area contributed by atoms with Crippen LogP contribution >= 0.6 is 0 Å². The summed E-state index contributed by atoms with van der Waals surface area (Å²) in [5, 5.41) is 5.81. The fraction of sp³-hybridized carbons (Fsp3) is 0.318. The summed E-state index contributed by atoms with van der Waals surface area (Å²) in [6.07, 6.45) is 0. The number of carbonyl (C=O) groups is 3. The zero-order valence-electron chi connectivity index (χ0n) is 17.4. The summed E-state index contributed by atoms with van der Waals surface area (Å²) in [4.78, 5) is 40.0. The second kappa shape index (κ2) is 10.3. The predicted octanol–water partition coefficient (Wildman–Crippen LogP) is 2.92. The highest BCUT2D eigenvalue weighted by Crippen LogP contribution is 2.14. The number of rotatable bonds is 8. The molecule has 2 aromatic carbocycles. The maximum absolute atomic E-state index is 12.5. The van der Waals surface area contributed by atoms with Gasteiger partial charge in [-0.2, -0.15) is 0 Å². The first-order valence-corrected chi connectivity index (χ1v) is 9.60. The van der Waals surface area contributed by atoms with Crippen molar-refractivity contribution >= 4 is 29.1 Å². The van der Waals surface area contributed by atoms with E-state index in [9.17, 15) is 14.4 Å². The van der Waals surface area contributed by atoms with E-state index in [2.05, 4.69) is 10.6 Å². The maximum Gasteiger partial charge on any atom is 0.253 e. The van der Waals surface area contributed by atoms with Crippen LogP contribution in [0.5, 0.6) is 0 Å². The quantitative estimate of drug-likeness (QED) is 0.719. The van der Waals surface area contributed by atoms with Crippen LogP contribution in [0.3, 0.4) is 0 Å².